The zero-order valence-corrected chi connectivity index (χ0v) is 12.4. The molecule has 6 nitrogen and oxygen atoms in total. The van der Waals surface area contributed by atoms with Gasteiger partial charge >= 0.3 is 0 Å². The van der Waals surface area contributed by atoms with Crippen molar-refractivity contribution in [1.29, 1.82) is 0 Å². The molecule has 1 aliphatic rings. The van der Waals surface area contributed by atoms with Gasteiger partial charge in [0.1, 0.15) is 12.4 Å². The highest BCUT2D eigenvalue weighted by molar-refractivity contribution is 5.76. The molecule has 23 heavy (non-hydrogen) atoms. The number of morpholine rings is 1. The highest BCUT2D eigenvalue weighted by Gasteiger charge is 2.18. The molecule has 1 saturated heterocycles. The van der Waals surface area contributed by atoms with Crippen LogP contribution >= 0.6 is 0 Å². The number of benzene rings is 1. The smallest absolute Gasteiger partial charge is 0.267 e. The molecule has 0 saturated carbocycles. The fourth-order valence-electron chi connectivity index (χ4n) is 2.38. The molecule has 120 valence electrons. The predicted molar refractivity (Wildman–Crippen MR) is 81.3 cm³/mol. The molecular weight excluding hydrogens is 301 g/mol. The molecule has 2 aromatic rings. The quantitative estimate of drug-likeness (QED) is 0.844. The number of nitrogens with zero attached hydrogens (tertiary/aromatic N) is 3. The summed E-state index contributed by atoms with van der Waals surface area (Å²) in [5, 5.41) is 4.21. The highest BCUT2D eigenvalue weighted by atomic mass is 19.1. The topological polar surface area (TPSA) is 64.4 Å². The molecule has 0 radical (unpaired) electrons. The third-order valence-corrected chi connectivity index (χ3v) is 3.66. The number of halogens is 1. The summed E-state index contributed by atoms with van der Waals surface area (Å²) in [4.78, 5) is 25.8. The second-order valence-corrected chi connectivity index (χ2v) is 5.21. The van der Waals surface area contributed by atoms with E-state index in [1.807, 2.05) is 0 Å². The molecule has 0 N–H and O–H groups in total. The fourth-order valence-corrected chi connectivity index (χ4v) is 2.38. The van der Waals surface area contributed by atoms with Crippen LogP contribution in [0.2, 0.25) is 0 Å². The lowest BCUT2D eigenvalue weighted by atomic mass is 10.1. The van der Waals surface area contributed by atoms with Crippen molar-refractivity contribution in [1.82, 2.24) is 14.7 Å². The summed E-state index contributed by atoms with van der Waals surface area (Å²) in [6, 6.07) is 8.73. The zero-order chi connectivity index (χ0) is 16.2. The second kappa shape index (κ2) is 6.70. The van der Waals surface area contributed by atoms with Crippen LogP contribution in [0.4, 0.5) is 4.39 Å². The molecule has 1 aromatic carbocycles. The Hall–Kier alpha value is -2.54. The lowest BCUT2D eigenvalue weighted by molar-refractivity contribution is -0.136. The van der Waals surface area contributed by atoms with Crippen molar-refractivity contribution in [3.63, 3.8) is 0 Å². The van der Waals surface area contributed by atoms with Crippen LogP contribution in [0.3, 0.4) is 0 Å². The Morgan fingerprint density at radius 1 is 1.13 bits per heavy atom. The Bertz CT molecular complexity index is 752. The molecule has 0 aliphatic carbocycles. The van der Waals surface area contributed by atoms with Crippen molar-refractivity contribution in [2.24, 2.45) is 0 Å². The first-order valence-electron chi connectivity index (χ1n) is 7.33. The first-order valence-corrected chi connectivity index (χ1v) is 7.33. The molecule has 7 heteroatoms. The summed E-state index contributed by atoms with van der Waals surface area (Å²) in [7, 11) is 0. The molecular formula is C16H16FN3O3. The minimum atomic E-state index is -0.350. The maximum Gasteiger partial charge on any atom is 0.267 e. The SMILES string of the molecule is O=C(Cn1nc(-c2ccc(F)cc2)ccc1=O)N1CCOCC1. The average Bonchev–Trinajstić information content (AvgIpc) is 2.58. The zero-order valence-electron chi connectivity index (χ0n) is 12.4. The van der Waals surface area contributed by atoms with Gasteiger partial charge in [0.15, 0.2) is 0 Å². The minimum absolute atomic E-state index is 0.117. The van der Waals surface area contributed by atoms with Crippen LogP contribution in [0.1, 0.15) is 0 Å². The summed E-state index contributed by atoms with van der Waals surface area (Å²) < 4.78 is 19.3. The Kier molecular flexibility index (Phi) is 4.47. The van der Waals surface area contributed by atoms with Crippen LogP contribution in [0.15, 0.2) is 41.2 Å². The summed E-state index contributed by atoms with van der Waals surface area (Å²) in [5.41, 5.74) is 0.843. The average molecular weight is 317 g/mol. The largest absolute Gasteiger partial charge is 0.378 e. The minimum Gasteiger partial charge on any atom is -0.378 e. The number of ether oxygens (including phenoxy) is 1. The molecule has 2 heterocycles. The fraction of sp³-hybridized carbons (Fsp3) is 0.312. The third kappa shape index (κ3) is 3.62. The number of hydrogen-bond donors (Lipinski definition) is 0. The molecule has 1 fully saturated rings. The predicted octanol–water partition coefficient (Wildman–Crippen LogP) is 0.908. The van der Waals surface area contributed by atoms with E-state index in [0.717, 1.165) is 4.68 Å². The van der Waals surface area contributed by atoms with E-state index >= 15 is 0 Å². The van der Waals surface area contributed by atoms with E-state index in [2.05, 4.69) is 5.10 Å². The van der Waals surface area contributed by atoms with Crippen LogP contribution < -0.4 is 5.56 Å². The summed E-state index contributed by atoms with van der Waals surface area (Å²) in [6.45, 7) is 1.93. The van der Waals surface area contributed by atoms with E-state index in [0.29, 0.717) is 37.6 Å². The molecule has 0 unspecified atom stereocenters. The van der Waals surface area contributed by atoms with Crippen molar-refractivity contribution >= 4 is 5.91 Å². The molecule has 1 aromatic heterocycles. The molecule has 3 rings (SSSR count). The summed E-state index contributed by atoms with van der Waals surface area (Å²) in [6.07, 6.45) is 0. The lowest BCUT2D eigenvalue weighted by Crippen LogP contribution is -2.43. The maximum absolute atomic E-state index is 13.0. The van der Waals surface area contributed by atoms with Gasteiger partial charge in [-0.15, -0.1) is 0 Å². The van der Waals surface area contributed by atoms with Crippen LogP contribution in [0.5, 0.6) is 0 Å². The van der Waals surface area contributed by atoms with Gasteiger partial charge in [-0.2, -0.15) is 5.10 Å². The van der Waals surface area contributed by atoms with E-state index < -0.39 is 0 Å². The van der Waals surface area contributed by atoms with Gasteiger partial charge in [-0.25, -0.2) is 9.07 Å². The molecule has 0 bridgehead atoms. The molecule has 1 aliphatic heterocycles. The van der Waals surface area contributed by atoms with E-state index in [4.69, 9.17) is 4.74 Å². The van der Waals surface area contributed by atoms with E-state index in [-0.39, 0.29) is 23.8 Å². The Balaban J connectivity index is 1.81. The number of rotatable bonds is 3. The standard InChI is InChI=1S/C16H16FN3O3/c17-13-3-1-12(2-4-13)14-5-6-15(21)20(18-14)11-16(22)19-7-9-23-10-8-19/h1-6H,7-11H2. The van der Waals surface area contributed by atoms with Gasteiger partial charge < -0.3 is 9.64 Å². The van der Waals surface area contributed by atoms with Crippen molar-refractivity contribution < 1.29 is 13.9 Å². The van der Waals surface area contributed by atoms with Crippen molar-refractivity contribution in [2.75, 3.05) is 26.3 Å². The molecule has 1 amide bonds. The molecule has 0 atom stereocenters. The third-order valence-electron chi connectivity index (χ3n) is 3.66. The van der Waals surface area contributed by atoms with Crippen molar-refractivity contribution in [3.05, 3.63) is 52.6 Å². The first-order chi connectivity index (χ1) is 11.1. The Labute approximate surface area is 132 Å². The van der Waals surface area contributed by atoms with Crippen LogP contribution in [0, 0.1) is 5.82 Å². The van der Waals surface area contributed by atoms with E-state index in [9.17, 15) is 14.0 Å². The van der Waals surface area contributed by atoms with E-state index in [1.165, 1.54) is 18.2 Å². The van der Waals surface area contributed by atoms with Gasteiger partial charge in [-0.05, 0) is 30.3 Å². The van der Waals surface area contributed by atoms with Gasteiger partial charge in [0.2, 0.25) is 5.91 Å². The monoisotopic (exact) mass is 317 g/mol. The second-order valence-electron chi connectivity index (χ2n) is 5.21. The summed E-state index contributed by atoms with van der Waals surface area (Å²) in [5.74, 6) is -0.510. The molecule has 0 spiro atoms. The van der Waals surface area contributed by atoms with Gasteiger partial charge in [-0.1, -0.05) is 0 Å². The Morgan fingerprint density at radius 2 is 1.83 bits per heavy atom. The number of amides is 1. The highest BCUT2D eigenvalue weighted by Crippen LogP contribution is 2.15. The van der Waals surface area contributed by atoms with Crippen LogP contribution in [-0.2, 0) is 16.1 Å². The first kappa shape index (κ1) is 15.4. The van der Waals surface area contributed by atoms with Crippen molar-refractivity contribution in [2.45, 2.75) is 6.54 Å². The van der Waals surface area contributed by atoms with Gasteiger partial charge in [-0.3, -0.25) is 9.59 Å². The van der Waals surface area contributed by atoms with Gasteiger partial charge in [0.25, 0.3) is 5.56 Å². The normalized spacial score (nSPS) is 14.7. The summed E-state index contributed by atoms with van der Waals surface area (Å²) >= 11 is 0. The van der Waals surface area contributed by atoms with E-state index in [1.54, 1.807) is 23.1 Å². The number of carbonyl (C=O) groups excluding carboxylic acids is 1. The lowest BCUT2D eigenvalue weighted by Gasteiger charge is -2.26. The maximum atomic E-state index is 13.0. The van der Waals surface area contributed by atoms with Gasteiger partial charge in [0.05, 0.1) is 18.9 Å². The number of hydrogen-bond acceptors (Lipinski definition) is 4. The Morgan fingerprint density at radius 3 is 2.52 bits per heavy atom. The number of carbonyl (C=O) groups is 1. The van der Waals surface area contributed by atoms with Crippen LogP contribution in [-0.4, -0.2) is 46.9 Å². The van der Waals surface area contributed by atoms with Crippen molar-refractivity contribution in [3.8, 4) is 11.3 Å². The van der Waals surface area contributed by atoms with Gasteiger partial charge in [0, 0.05) is 24.7 Å². The number of aromatic nitrogens is 2. The van der Waals surface area contributed by atoms with Crippen LogP contribution in [0.25, 0.3) is 11.3 Å².